The van der Waals surface area contributed by atoms with Crippen LogP contribution in [0.2, 0.25) is 5.02 Å². The van der Waals surface area contributed by atoms with Gasteiger partial charge < -0.3 is 10.3 Å². The highest BCUT2D eigenvalue weighted by molar-refractivity contribution is 8.00. The number of fused-ring (bicyclic) bond motifs is 1. The van der Waals surface area contributed by atoms with Crippen molar-refractivity contribution in [3.05, 3.63) is 58.9 Å². The average Bonchev–Trinajstić information content (AvgIpc) is 3.28. The van der Waals surface area contributed by atoms with Gasteiger partial charge in [-0.3, -0.25) is 4.79 Å². The standard InChI is InChI=1S/C19H15ClN4OS2/c1-11(27-19-21-14-8-4-5-9-15(14)22-19)17(25)24-18-23-16(10-26-18)12-6-2-3-7-13(12)20/h2-11H,1H3,(H,21,22)(H,23,24,25). The van der Waals surface area contributed by atoms with E-state index in [-0.39, 0.29) is 11.2 Å². The molecular formula is C19H15ClN4OS2. The molecule has 4 aromatic rings. The van der Waals surface area contributed by atoms with Crippen molar-refractivity contribution in [2.24, 2.45) is 0 Å². The number of anilines is 1. The molecule has 8 heteroatoms. The van der Waals surface area contributed by atoms with Gasteiger partial charge in [0.1, 0.15) is 0 Å². The van der Waals surface area contributed by atoms with Crippen LogP contribution in [0.3, 0.4) is 0 Å². The number of benzene rings is 2. The molecule has 0 saturated heterocycles. The third kappa shape index (κ3) is 4.00. The summed E-state index contributed by atoms with van der Waals surface area (Å²) in [6.45, 7) is 1.84. The van der Waals surface area contributed by atoms with Crippen LogP contribution in [-0.2, 0) is 4.79 Å². The number of aromatic nitrogens is 3. The summed E-state index contributed by atoms with van der Waals surface area (Å²) in [5.74, 6) is -0.125. The summed E-state index contributed by atoms with van der Waals surface area (Å²) < 4.78 is 0. The Morgan fingerprint density at radius 2 is 1.96 bits per heavy atom. The van der Waals surface area contributed by atoms with E-state index in [1.165, 1.54) is 23.1 Å². The fourth-order valence-electron chi connectivity index (χ4n) is 2.54. The molecule has 2 N–H and O–H groups in total. The fourth-order valence-corrected chi connectivity index (χ4v) is 4.30. The number of aromatic amines is 1. The van der Waals surface area contributed by atoms with Gasteiger partial charge in [-0.25, -0.2) is 9.97 Å². The van der Waals surface area contributed by atoms with Crippen molar-refractivity contribution >= 4 is 56.8 Å². The molecule has 27 heavy (non-hydrogen) atoms. The molecule has 4 rings (SSSR count). The number of nitrogens with one attached hydrogen (secondary N) is 2. The maximum atomic E-state index is 12.5. The lowest BCUT2D eigenvalue weighted by atomic mass is 10.2. The van der Waals surface area contributed by atoms with Gasteiger partial charge in [0.25, 0.3) is 0 Å². The first-order valence-electron chi connectivity index (χ1n) is 8.23. The number of rotatable bonds is 5. The zero-order chi connectivity index (χ0) is 18.8. The van der Waals surface area contributed by atoms with Crippen molar-refractivity contribution in [1.82, 2.24) is 15.0 Å². The second kappa shape index (κ2) is 7.72. The maximum Gasteiger partial charge on any atom is 0.239 e. The Morgan fingerprint density at radius 3 is 2.78 bits per heavy atom. The Kier molecular flexibility index (Phi) is 5.15. The summed E-state index contributed by atoms with van der Waals surface area (Å²) in [5.41, 5.74) is 3.44. The molecule has 0 bridgehead atoms. The molecule has 0 radical (unpaired) electrons. The van der Waals surface area contributed by atoms with Gasteiger partial charge in [0, 0.05) is 16.0 Å². The van der Waals surface area contributed by atoms with E-state index in [1.54, 1.807) is 0 Å². The van der Waals surface area contributed by atoms with E-state index in [9.17, 15) is 4.79 Å². The molecular weight excluding hydrogens is 400 g/mol. The summed E-state index contributed by atoms with van der Waals surface area (Å²) in [4.78, 5) is 24.7. The van der Waals surface area contributed by atoms with Gasteiger partial charge in [-0.1, -0.05) is 53.7 Å². The highest BCUT2D eigenvalue weighted by Gasteiger charge is 2.18. The van der Waals surface area contributed by atoms with E-state index >= 15 is 0 Å². The maximum absolute atomic E-state index is 12.5. The molecule has 0 spiro atoms. The number of halogens is 1. The van der Waals surface area contributed by atoms with Crippen LogP contribution in [0.15, 0.2) is 59.1 Å². The highest BCUT2D eigenvalue weighted by atomic mass is 35.5. The lowest BCUT2D eigenvalue weighted by Gasteiger charge is -2.08. The molecule has 136 valence electrons. The van der Waals surface area contributed by atoms with Gasteiger partial charge in [0.15, 0.2) is 10.3 Å². The Labute approximate surface area is 169 Å². The van der Waals surface area contributed by atoms with Crippen molar-refractivity contribution in [3.8, 4) is 11.3 Å². The van der Waals surface area contributed by atoms with E-state index in [1.807, 2.05) is 60.8 Å². The van der Waals surface area contributed by atoms with Crippen LogP contribution in [0.25, 0.3) is 22.3 Å². The Balaban J connectivity index is 1.43. The van der Waals surface area contributed by atoms with Crippen LogP contribution in [0.1, 0.15) is 6.92 Å². The van der Waals surface area contributed by atoms with E-state index < -0.39 is 0 Å². The first-order valence-corrected chi connectivity index (χ1v) is 10.4. The normalized spacial score (nSPS) is 12.2. The summed E-state index contributed by atoms with van der Waals surface area (Å²) in [6.07, 6.45) is 0. The number of carbonyl (C=O) groups excluding carboxylic acids is 1. The minimum Gasteiger partial charge on any atom is -0.333 e. The fraction of sp³-hybridized carbons (Fsp3) is 0.105. The molecule has 1 unspecified atom stereocenters. The number of thioether (sulfide) groups is 1. The SMILES string of the molecule is CC(Sc1nc2ccccc2[nH]1)C(=O)Nc1nc(-c2ccccc2Cl)cs1. The van der Waals surface area contributed by atoms with Crippen LogP contribution in [0.4, 0.5) is 5.13 Å². The van der Waals surface area contributed by atoms with Crippen molar-refractivity contribution < 1.29 is 4.79 Å². The zero-order valence-corrected chi connectivity index (χ0v) is 16.7. The van der Waals surface area contributed by atoms with Crippen LogP contribution in [0.5, 0.6) is 0 Å². The minimum atomic E-state index is -0.321. The molecule has 0 aliphatic heterocycles. The first-order chi connectivity index (χ1) is 13.1. The monoisotopic (exact) mass is 414 g/mol. The molecule has 1 amide bonds. The third-order valence-corrected chi connectivity index (χ3v) is 5.98. The van der Waals surface area contributed by atoms with Crippen LogP contribution < -0.4 is 5.32 Å². The molecule has 1 atom stereocenters. The molecule has 2 aromatic carbocycles. The largest absolute Gasteiger partial charge is 0.333 e. The number of nitrogens with zero attached hydrogens (tertiary/aromatic N) is 2. The van der Waals surface area contributed by atoms with Crippen LogP contribution in [-0.4, -0.2) is 26.1 Å². The summed E-state index contributed by atoms with van der Waals surface area (Å²) in [5, 5.41) is 6.33. The predicted molar refractivity (Wildman–Crippen MR) is 113 cm³/mol. The van der Waals surface area contributed by atoms with Crippen molar-refractivity contribution in [2.45, 2.75) is 17.3 Å². The second-order valence-corrected chi connectivity index (χ2v) is 8.42. The zero-order valence-electron chi connectivity index (χ0n) is 14.3. The van der Waals surface area contributed by atoms with Crippen molar-refractivity contribution in [1.29, 1.82) is 0 Å². The van der Waals surface area contributed by atoms with Gasteiger partial charge in [-0.05, 0) is 25.1 Å². The Bertz CT molecular complexity index is 1070. The Hall–Kier alpha value is -2.35. The van der Waals surface area contributed by atoms with E-state index in [2.05, 4.69) is 20.3 Å². The van der Waals surface area contributed by atoms with Gasteiger partial charge in [-0.2, -0.15) is 0 Å². The van der Waals surface area contributed by atoms with Gasteiger partial charge in [0.2, 0.25) is 5.91 Å². The summed E-state index contributed by atoms with van der Waals surface area (Å²) in [6, 6.07) is 15.3. The molecule has 0 fully saturated rings. The smallest absolute Gasteiger partial charge is 0.239 e. The average molecular weight is 415 g/mol. The molecule has 0 aliphatic rings. The second-order valence-electron chi connectivity index (χ2n) is 5.83. The number of hydrogen-bond donors (Lipinski definition) is 2. The molecule has 2 aromatic heterocycles. The third-order valence-electron chi connectivity index (χ3n) is 3.91. The Morgan fingerprint density at radius 1 is 1.19 bits per heavy atom. The number of para-hydroxylation sites is 2. The number of thiazole rings is 1. The predicted octanol–water partition coefficient (Wildman–Crippen LogP) is 5.46. The number of H-pyrrole nitrogens is 1. The van der Waals surface area contributed by atoms with Crippen LogP contribution >= 0.6 is 34.7 Å². The summed E-state index contributed by atoms with van der Waals surface area (Å²) in [7, 11) is 0. The number of amides is 1. The van der Waals surface area contributed by atoms with E-state index in [0.29, 0.717) is 10.2 Å². The van der Waals surface area contributed by atoms with Gasteiger partial charge in [-0.15, -0.1) is 11.3 Å². The first kappa shape index (κ1) is 18.0. The van der Waals surface area contributed by atoms with Crippen molar-refractivity contribution in [2.75, 3.05) is 5.32 Å². The van der Waals surface area contributed by atoms with Gasteiger partial charge >= 0.3 is 0 Å². The number of imidazole rings is 1. The minimum absolute atomic E-state index is 0.125. The van der Waals surface area contributed by atoms with Crippen molar-refractivity contribution in [3.63, 3.8) is 0 Å². The molecule has 2 heterocycles. The summed E-state index contributed by atoms with van der Waals surface area (Å²) >= 11 is 8.97. The number of carbonyl (C=O) groups is 1. The lowest BCUT2D eigenvalue weighted by molar-refractivity contribution is -0.115. The molecule has 0 saturated carbocycles. The highest BCUT2D eigenvalue weighted by Crippen LogP contribution is 2.31. The number of hydrogen-bond acceptors (Lipinski definition) is 5. The molecule has 5 nitrogen and oxygen atoms in total. The lowest BCUT2D eigenvalue weighted by Crippen LogP contribution is -2.22. The quantitative estimate of drug-likeness (QED) is 0.425. The van der Waals surface area contributed by atoms with Gasteiger partial charge in [0.05, 0.1) is 22.0 Å². The van der Waals surface area contributed by atoms with E-state index in [4.69, 9.17) is 11.6 Å². The van der Waals surface area contributed by atoms with Crippen LogP contribution in [0, 0.1) is 0 Å². The molecule has 0 aliphatic carbocycles. The topological polar surface area (TPSA) is 70.7 Å². The van der Waals surface area contributed by atoms with E-state index in [0.717, 1.165) is 27.4 Å².